The molecule has 0 saturated heterocycles. The smallest absolute Gasteiger partial charge is 0.160 e. The topological polar surface area (TPSA) is 38.7 Å². The van der Waals surface area contributed by atoms with Crippen LogP contribution in [0.3, 0.4) is 0 Å². The Bertz CT molecular complexity index is 3240. The second kappa shape index (κ2) is 14.3. The summed E-state index contributed by atoms with van der Waals surface area (Å²) in [4.78, 5) is 15.0. The Hall–Kier alpha value is -7.75. The van der Waals surface area contributed by atoms with Gasteiger partial charge in [0.05, 0.1) is 11.4 Å². The van der Waals surface area contributed by atoms with Crippen LogP contribution in [-0.4, -0.2) is 15.0 Å². The molecule has 0 aliphatic carbocycles. The third-order valence-corrected chi connectivity index (χ3v) is 11.6. The summed E-state index contributed by atoms with van der Waals surface area (Å²) in [5.41, 5.74) is 15.1. The van der Waals surface area contributed by atoms with Crippen LogP contribution in [0.1, 0.15) is 5.69 Å². The molecule has 11 rings (SSSR count). The summed E-state index contributed by atoms with van der Waals surface area (Å²) in [5.74, 6) is 0.686. The molecule has 0 radical (unpaired) electrons. The molecule has 2 heterocycles. The second-order valence-electron chi connectivity index (χ2n) is 15.3. The van der Waals surface area contributed by atoms with Crippen molar-refractivity contribution in [2.45, 2.75) is 6.92 Å². The highest BCUT2D eigenvalue weighted by Crippen LogP contribution is 2.42. The zero-order valence-corrected chi connectivity index (χ0v) is 32.5. The lowest BCUT2D eigenvalue weighted by Gasteiger charge is -2.17. The van der Waals surface area contributed by atoms with E-state index in [9.17, 15) is 0 Å². The van der Waals surface area contributed by atoms with Gasteiger partial charge in [0, 0.05) is 34.1 Å². The van der Waals surface area contributed by atoms with Crippen LogP contribution in [0.2, 0.25) is 0 Å². The SMILES string of the molecule is Cc1ncccc1-c1ccc(-c2ccc(-c3cc(-c4nc(-c5ccccc5)cc(-c5ccccc5)n4)cc(-c4cc5cccc6ccc7cccc4c7c65)c3)cc2)cc1. The molecule has 0 fully saturated rings. The third kappa shape index (κ3) is 6.30. The van der Waals surface area contributed by atoms with Crippen LogP contribution in [0.25, 0.3) is 111 Å². The van der Waals surface area contributed by atoms with Crippen molar-refractivity contribution in [3.8, 4) is 78.4 Å². The molecule has 2 aromatic heterocycles. The van der Waals surface area contributed by atoms with Crippen LogP contribution >= 0.6 is 0 Å². The minimum Gasteiger partial charge on any atom is -0.261 e. The lowest BCUT2D eigenvalue weighted by molar-refractivity contribution is 1.18. The average Bonchev–Trinajstić information content (AvgIpc) is 3.31. The van der Waals surface area contributed by atoms with Crippen molar-refractivity contribution in [2.75, 3.05) is 0 Å². The molecule has 3 nitrogen and oxygen atoms in total. The number of aromatic nitrogens is 3. The maximum absolute atomic E-state index is 5.28. The summed E-state index contributed by atoms with van der Waals surface area (Å²) >= 11 is 0. The normalized spacial score (nSPS) is 11.5. The van der Waals surface area contributed by atoms with Crippen molar-refractivity contribution < 1.29 is 0 Å². The van der Waals surface area contributed by atoms with Gasteiger partial charge >= 0.3 is 0 Å². The lowest BCUT2D eigenvalue weighted by atomic mass is 9.87. The van der Waals surface area contributed by atoms with Gasteiger partial charge < -0.3 is 0 Å². The van der Waals surface area contributed by atoms with Crippen molar-refractivity contribution in [3.63, 3.8) is 0 Å². The number of hydrogen-bond donors (Lipinski definition) is 0. The molecule has 0 aliphatic rings. The zero-order valence-electron chi connectivity index (χ0n) is 32.5. The number of pyridine rings is 1. The highest BCUT2D eigenvalue weighted by atomic mass is 14.9. The molecule has 276 valence electrons. The Kier molecular flexibility index (Phi) is 8.37. The molecular weight excluding hydrogens is 715 g/mol. The van der Waals surface area contributed by atoms with Gasteiger partial charge in [-0.15, -0.1) is 0 Å². The molecule has 0 aliphatic heterocycles. The Morgan fingerprint density at radius 3 is 1.51 bits per heavy atom. The van der Waals surface area contributed by atoms with Gasteiger partial charge in [0.25, 0.3) is 0 Å². The fourth-order valence-electron chi connectivity index (χ4n) is 8.66. The van der Waals surface area contributed by atoms with E-state index in [4.69, 9.17) is 9.97 Å². The van der Waals surface area contributed by atoms with Crippen LogP contribution in [-0.2, 0) is 0 Å². The molecule has 0 saturated carbocycles. The minimum absolute atomic E-state index is 0.686. The Balaban J connectivity index is 1.09. The van der Waals surface area contributed by atoms with E-state index in [2.05, 4.69) is 194 Å². The van der Waals surface area contributed by atoms with Crippen molar-refractivity contribution >= 4 is 32.3 Å². The predicted octanol–water partition coefficient (Wildman–Crippen LogP) is 14.7. The summed E-state index contributed by atoms with van der Waals surface area (Å²) in [5, 5.41) is 7.58. The average molecular weight is 752 g/mol. The van der Waals surface area contributed by atoms with Gasteiger partial charge in [0.1, 0.15) is 0 Å². The molecule has 0 amide bonds. The fraction of sp³-hybridized carbons (Fsp3) is 0.0179. The van der Waals surface area contributed by atoms with Crippen LogP contribution < -0.4 is 0 Å². The molecular formula is C56H37N3. The monoisotopic (exact) mass is 751 g/mol. The molecule has 0 bridgehead atoms. The standard InChI is InChI=1S/C56H37N3/c1-36-49(19-10-30-57-36)40-26-24-38(25-27-40)37-20-22-39(23-21-37)46-31-47(51-34-45-17-8-15-43-28-29-44-16-9-18-50(51)55(44)54(43)45)33-48(32-46)56-58-52(41-11-4-2-5-12-41)35-53(59-56)42-13-6-3-7-14-42/h2-35H,1H3. The minimum atomic E-state index is 0.686. The van der Waals surface area contributed by atoms with E-state index in [1.54, 1.807) is 0 Å². The molecule has 9 aromatic carbocycles. The largest absolute Gasteiger partial charge is 0.261 e. The maximum atomic E-state index is 5.28. The highest BCUT2D eigenvalue weighted by molar-refractivity contribution is 6.26. The van der Waals surface area contributed by atoms with Crippen LogP contribution in [0.4, 0.5) is 0 Å². The van der Waals surface area contributed by atoms with Gasteiger partial charge in [-0.1, -0.05) is 164 Å². The number of hydrogen-bond acceptors (Lipinski definition) is 3. The molecule has 3 heteroatoms. The van der Waals surface area contributed by atoms with E-state index in [1.807, 2.05) is 24.4 Å². The van der Waals surface area contributed by atoms with Crippen molar-refractivity contribution in [1.82, 2.24) is 15.0 Å². The summed E-state index contributed by atoms with van der Waals surface area (Å²) in [6.45, 7) is 2.06. The van der Waals surface area contributed by atoms with E-state index < -0.39 is 0 Å². The van der Waals surface area contributed by atoms with E-state index in [1.165, 1.54) is 49.0 Å². The van der Waals surface area contributed by atoms with Crippen LogP contribution in [0.15, 0.2) is 206 Å². The number of rotatable bonds is 7. The lowest BCUT2D eigenvalue weighted by Crippen LogP contribution is -1.97. The predicted molar refractivity (Wildman–Crippen MR) is 246 cm³/mol. The number of aryl methyl sites for hydroxylation is 1. The van der Waals surface area contributed by atoms with Gasteiger partial charge in [-0.05, 0) is 115 Å². The Morgan fingerprint density at radius 2 is 0.864 bits per heavy atom. The molecule has 59 heavy (non-hydrogen) atoms. The first-order chi connectivity index (χ1) is 29.1. The fourth-order valence-corrected chi connectivity index (χ4v) is 8.66. The highest BCUT2D eigenvalue weighted by Gasteiger charge is 2.17. The molecule has 0 spiro atoms. The van der Waals surface area contributed by atoms with Crippen molar-refractivity contribution in [1.29, 1.82) is 0 Å². The summed E-state index contributed by atoms with van der Waals surface area (Å²) in [6, 6.07) is 71.7. The van der Waals surface area contributed by atoms with E-state index in [0.717, 1.165) is 61.6 Å². The quantitative estimate of drug-likeness (QED) is 0.152. The summed E-state index contributed by atoms with van der Waals surface area (Å²) in [6.07, 6.45) is 1.84. The summed E-state index contributed by atoms with van der Waals surface area (Å²) in [7, 11) is 0. The van der Waals surface area contributed by atoms with Crippen LogP contribution in [0.5, 0.6) is 0 Å². The second-order valence-corrected chi connectivity index (χ2v) is 15.3. The van der Waals surface area contributed by atoms with Gasteiger partial charge in [-0.3, -0.25) is 4.98 Å². The van der Waals surface area contributed by atoms with Gasteiger partial charge in [-0.2, -0.15) is 0 Å². The van der Waals surface area contributed by atoms with E-state index in [-0.39, 0.29) is 0 Å². The van der Waals surface area contributed by atoms with Gasteiger partial charge in [0.15, 0.2) is 5.82 Å². The van der Waals surface area contributed by atoms with E-state index in [0.29, 0.717) is 5.82 Å². The maximum Gasteiger partial charge on any atom is 0.160 e. The summed E-state index contributed by atoms with van der Waals surface area (Å²) < 4.78 is 0. The third-order valence-electron chi connectivity index (χ3n) is 11.6. The van der Waals surface area contributed by atoms with Crippen LogP contribution in [0, 0.1) is 6.92 Å². The molecule has 0 N–H and O–H groups in total. The van der Waals surface area contributed by atoms with Gasteiger partial charge in [-0.25, -0.2) is 9.97 Å². The molecule has 0 unspecified atom stereocenters. The van der Waals surface area contributed by atoms with Crippen molar-refractivity contribution in [2.24, 2.45) is 0 Å². The Labute approximate surface area is 343 Å². The van der Waals surface area contributed by atoms with Crippen molar-refractivity contribution in [3.05, 3.63) is 212 Å². The first-order valence-electron chi connectivity index (χ1n) is 20.1. The molecule has 0 atom stereocenters. The number of benzene rings is 9. The number of nitrogens with zero attached hydrogens (tertiary/aromatic N) is 3. The first-order valence-corrected chi connectivity index (χ1v) is 20.1. The molecule has 11 aromatic rings. The van der Waals surface area contributed by atoms with E-state index >= 15 is 0 Å². The zero-order chi connectivity index (χ0) is 39.3. The van der Waals surface area contributed by atoms with Gasteiger partial charge in [0.2, 0.25) is 0 Å². The first kappa shape index (κ1) is 34.5. The Morgan fingerprint density at radius 1 is 0.322 bits per heavy atom.